The van der Waals surface area contributed by atoms with Crippen molar-refractivity contribution in [1.82, 2.24) is 5.48 Å². The third kappa shape index (κ3) is 1.94. The summed E-state index contributed by atoms with van der Waals surface area (Å²) in [7, 11) is 1.11. The van der Waals surface area contributed by atoms with Gasteiger partial charge in [0.1, 0.15) is 0 Å². The number of hydrogen-bond acceptors (Lipinski definition) is 2. The molecule has 0 aromatic rings. The molecular formula is C5H15NOSi. The van der Waals surface area contributed by atoms with Gasteiger partial charge in [0.15, 0.2) is 0 Å². The van der Waals surface area contributed by atoms with Crippen LogP contribution in [0.15, 0.2) is 0 Å². The van der Waals surface area contributed by atoms with Crippen molar-refractivity contribution in [2.45, 2.75) is 31.9 Å². The van der Waals surface area contributed by atoms with Gasteiger partial charge in [-0.3, -0.25) is 0 Å². The van der Waals surface area contributed by atoms with Crippen LogP contribution in [-0.4, -0.2) is 21.0 Å². The Kier molecular flexibility index (Phi) is 2.66. The highest BCUT2D eigenvalue weighted by Gasteiger charge is 2.19. The zero-order chi connectivity index (χ0) is 6.78. The van der Waals surface area contributed by atoms with Crippen LogP contribution >= 0.6 is 0 Å². The van der Waals surface area contributed by atoms with Crippen LogP contribution in [0, 0.1) is 0 Å². The average Bonchev–Trinajstić information content (AvgIpc) is 1.67. The lowest BCUT2D eigenvalue weighted by molar-refractivity contribution is 0.0799. The van der Waals surface area contributed by atoms with E-state index >= 15 is 0 Å². The SMILES string of the molecule is CC([SiH3])C(C)(C)NO. The lowest BCUT2D eigenvalue weighted by atomic mass is 10.0. The molecular weight excluding hydrogens is 118 g/mol. The molecule has 0 heterocycles. The second kappa shape index (κ2) is 2.62. The summed E-state index contributed by atoms with van der Waals surface area (Å²) >= 11 is 0. The molecule has 0 aliphatic carbocycles. The van der Waals surface area contributed by atoms with Gasteiger partial charge in [0.05, 0.1) is 0 Å². The Morgan fingerprint density at radius 2 is 2.00 bits per heavy atom. The molecule has 0 saturated carbocycles. The first-order valence-corrected chi connectivity index (χ1v) is 4.07. The minimum Gasteiger partial charge on any atom is -0.316 e. The van der Waals surface area contributed by atoms with Crippen LogP contribution in [0.5, 0.6) is 0 Å². The Bertz CT molecular complexity index is 72.8. The summed E-state index contributed by atoms with van der Waals surface area (Å²) in [6, 6.07) is 0. The highest BCUT2D eigenvalue weighted by atomic mass is 28.1. The van der Waals surface area contributed by atoms with Crippen molar-refractivity contribution in [3.05, 3.63) is 0 Å². The molecule has 0 aliphatic rings. The first-order valence-electron chi connectivity index (χ1n) is 2.92. The molecule has 50 valence electrons. The Hall–Kier alpha value is 0.137. The lowest BCUT2D eigenvalue weighted by Crippen LogP contribution is -2.40. The van der Waals surface area contributed by atoms with Gasteiger partial charge in [-0.15, -0.1) is 0 Å². The van der Waals surface area contributed by atoms with Crippen molar-refractivity contribution in [2.75, 3.05) is 0 Å². The van der Waals surface area contributed by atoms with Gasteiger partial charge < -0.3 is 5.21 Å². The summed E-state index contributed by atoms with van der Waals surface area (Å²) in [5.74, 6) is 0. The lowest BCUT2D eigenvalue weighted by Gasteiger charge is -2.26. The maximum Gasteiger partial charge on any atom is 0.0367 e. The van der Waals surface area contributed by atoms with Crippen molar-refractivity contribution in [1.29, 1.82) is 0 Å². The second-order valence-corrected chi connectivity index (χ2v) is 4.72. The predicted octanol–water partition coefficient (Wildman–Crippen LogP) is -0.0824. The predicted molar refractivity (Wildman–Crippen MR) is 38.4 cm³/mol. The van der Waals surface area contributed by atoms with Gasteiger partial charge >= 0.3 is 0 Å². The summed E-state index contributed by atoms with van der Waals surface area (Å²) in [5, 5.41) is 8.54. The standard InChI is InChI=1S/C5H15NOSi/c1-4(8)5(2,3)6-7/h4,6-7H,1-3,8H3. The average molecular weight is 133 g/mol. The fraction of sp³-hybridized carbons (Fsp3) is 1.00. The quantitative estimate of drug-likeness (QED) is 0.408. The molecule has 0 aliphatic heterocycles. The van der Waals surface area contributed by atoms with Crippen LogP contribution in [0.25, 0.3) is 0 Å². The molecule has 1 unspecified atom stereocenters. The molecule has 0 aromatic heterocycles. The minimum absolute atomic E-state index is 0.0910. The normalized spacial score (nSPS) is 16.5. The van der Waals surface area contributed by atoms with Crippen LogP contribution in [0.4, 0.5) is 0 Å². The third-order valence-electron chi connectivity index (χ3n) is 1.73. The van der Waals surface area contributed by atoms with E-state index in [0.29, 0.717) is 5.54 Å². The van der Waals surface area contributed by atoms with Gasteiger partial charge in [-0.05, 0) is 19.4 Å². The zero-order valence-electron chi connectivity index (χ0n) is 6.02. The Morgan fingerprint density at radius 1 is 1.62 bits per heavy atom. The second-order valence-electron chi connectivity index (χ2n) is 2.99. The molecule has 8 heavy (non-hydrogen) atoms. The Morgan fingerprint density at radius 3 is 2.00 bits per heavy atom. The van der Waals surface area contributed by atoms with E-state index in [2.05, 4.69) is 12.4 Å². The van der Waals surface area contributed by atoms with Crippen molar-refractivity contribution in [3.8, 4) is 0 Å². The van der Waals surface area contributed by atoms with Gasteiger partial charge in [0.25, 0.3) is 0 Å². The molecule has 0 saturated heterocycles. The van der Waals surface area contributed by atoms with E-state index in [9.17, 15) is 0 Å². The van der Waals surface area contributed by atoms with Gasteiger partial charge in [0, 0.05) is 15.8 Å². The zero-order valence-corrected chi connectivity index (χ0v) is 8.02. The van der Waals surface area contributed by atoms with Crippen molar-refractivity contribution in [2.24, 2.45) is 0 Å². The van der Waals surface area contributed by atoms with Crippen molar-refractivity contribution < 1.29 is 5.21 Å². The fourth-order valence-electron chi connectivity index (χ4n) is 0.129. The van der Waals surface area contributed by atoms with Gasteiger partial charge in [0.2, 0.25) is 0 Å². The molecule has 2 N–H and O–H groups in total. The van der Waals surface area contributed by atoms with Crippen LogP contribution in [0.2, 0.25) is 5.54 Å². The molecule has 0 bridgehead atoms. The van der Waals surface area contributed by atoms with Crippen molar-refractivity contribution in [3.63, 3.8) is 0 Å². The van der Waals surface area contributed by atoms with E-state index in [0.717, 1.165) is 10.2 Å². The molecule has 0 aromatic carbocycles. The van der Waals surface area contributed by atoms with Crippen molar-refractivity contribution >= 4 is 10.2 Å². The maximum absolute atomic E-state index is 8.54. The summed E-state index contributed by atoms with van der Waals surface area (Å²) in [6.07, 6.45) is 0. The number of hydrogen-bond donors (Lipinski definition) is 2. The smallest absolute Gasteiger partial charge is 0.0367 e. The molecule has 2 nitrogen and oxygen atoms in total. The molecule has 3 heteroatoms. The summed E-state index contributed by atoms with van der Waals surface area (Å²) < 4.78 is 0. The molecule has 0 spiro atoms. The molecule has 0 radical (unpaired) electrons. The minimum atomic E-state index is -0.0910. The van der Waals surface area contributed by atoms with Gasteiger partial charge in [-0.25, -0.2) is 5.48 Å². The molecule has 0 amide bonds. The molecule has 0 fully saturated rings. The van der Waals surface area contributed by atoms with Crippen LogP contribution in [0.3, 0.4) is 0 Å². The number of hydroxylamine groups is 1. The molecule has 1 atom stereocenters. The van der Waals surface area contributed by atoms with E-state index in [1.807, 2.05) is 13.8 Å². The summed E-state index contributed by atoms with van der Waals surface area (Å²) in [6.45, 7) is 6.10. The van der Waals surface area contributed by atoms with Gasteiger partial charge in [-0.1, -0.05) is 6.92 Å². The topological polar surface area (TPSA) is 32.3 Å². The monoisotopic (exact) mass is 133 g/mol. The highest BCUT2D eigenvalue weighted by molar-refractivity contribution is 6.12. The Labute approximate surface area is 53.7 Å². The van der Waals surface area contributed by atoms with Crippen LogP contribution in [-0.2, 0) is 0 Å². The summed E-state index contributed by atoms with van der Waals surface area (Å²) in [5.41, 5.74) is 2.77. The highest BCUT2D eigenvalue weighted by Crippen LogP contribution is 2.16. The van der Waals surface area contributed by atoms with E-state index in [-0.39, 0.29) is 5.54 Å². The first kappa shape index (κ1) is 8.14. The number of rotatable bonds is 2. The van der Waals surface area contributed by atoms with Crippen LogP contribution < -0.4 is 5.48 Å². The van der Waals surface area contributed by atoms with E-state index in [4.69, 9.17) is 5.21 Å². The largest absolute Gasteiger partial charge is 0.316 e. The Balaban J connectivity index is 3.71. The van der Waals surface area contributed by atoms with E-state index in [1.165, 1.54) is 0 Å². The third-order valence-corrected chi connectivity index (χ3v) is 3.17. The van der Waals surface area contributed by atoms with Gasteiger partial charge in [-0.2, -0.15) is 0 Å². The number of nitrogens with one attached hydrogen (secondary N) is 1. The van der Waals surface area contributed by atoms with Crippen LogP contribution in [0.1, 0.15) is 20.8 Å². The maximum atomic E-state index is 8.54. The first-order chi connectivity index (χ1) is 3.50. The molecule has 0 rings (SSSR count). The summed E-state index contributed by atoms with van der Waals surface area (Å²) in [4.78, 5) is 0. The van der Waals surface area contributed by atoms with E-state index in [1.54, 1.807) is 0 Å². The fourth-order valence-corrected chi connectivity index (χ4v) is 0.258. The van der Waals surface area contributed by atoms with E-state index < -0.39 is 0 Å².